The topological polar surface area (TPSA) is 24.1 Å². The van der Waals surface area contributed by atoms with E-state index in [2.05, 4.69) is 24.5 Å². The number of benzene rings is 1. The summed E-state index contributed by atoms with van der Waals surface area (Å²) in [6.45, 7) is 6.60. The Hall–Kier alpha value is -0.640. The van der Waals surface area contributed by atoms with Crippen molar-refractivity contribution in [3.63, 3.8) is 0 Å². The van der Waals surface area contributed by atoms with Gasteiger partial charge in [0.25, 0.3) is 0 Å². The van der Waals surface area contributed by atoms with Crippen LogP contribution >= 0.6 is 11.6 Å². The van der Waals surface area contributed by atoms with Gasteiger partial charge in [-0.05, 0) is 38.1 Å². The summed E-state index contributed by atoms with van der Waals surface area (Å²) < 4.78 is 13.4. The first-order chi connectivity index (χ1) is 8.13. The van der Waals surface area contributed by atoms with Gasteiger partial charge in [0.15, 0.2) is 0 Å². The Kier molecular flexibility index (Phi) is 6.48. The molecule has 0 aliphatic carbocycles. The molecule has 1 unspecified atom stereocenters. The fourth-order valence-electron chi connectivity index (χ4n) is 1.53. The molecule has 0 heterocycles. The number of rotatable bonds is 7. The quantitative estimate of drug-likeness (QED) is 0.735. The maximum atomic E-state index is 13.4. The van der Waals surface area contributed by atoms with Gasteiger partial charge in [-0.1, -0.05) is 18.5 Å². The Bertz CT molecular complexity index is 344. The van der Waals surface area contributed by atoms with E-state index in [-0.39, 0.29) is 5.82 Å². The molecular weight excluding hydrogens is 239 g/mol. The Morgan fingerprint density at radius 1 is 1.41 bits per heavy atom. The summed E-state index contributed by atoms with van der Waals surface area (Å²) >= 11 is 5.83. The SMILES string of the molecule is CCCNCC(C)NCc1cc(Cl)ccc1F. The van der Waals surface area contributed by atoms with Crippen molar-refractivity contribution < 1.29 is 4.39 Å². The monoisotopic (exact) mass is 258 g/mol. The van der Waals surface area contributed by atoms with Crippen molar-refractivity contribution in [2.75, 3.05) is 13.1 Å². The molecule has 0 amide bonds. The lowest BCUT2D eigenvalue weighted by atomic mass is 10.2. The summed E-state index contributed by atoms with van der Waals surface area (Å²) in [5.74, 6) is -0.212. The minimum absolute atomic E-state index is 0.212. The second-order valence-corrected chi connectivity index (χ2v) is 4.66. The van der Waals surface area contributed by atoms with Gasteiger partial charge in [0.2, 0.25) is 0 Å². The molecule has 4 heteroatoms. The zero-order valence-electron chi connectivity index (χ0n) is 10.4. The molecule has 17 heavy (non-hydrogen) atoms. The van der Waals surface area contributed by atoms with Gasteiger partial charge >= 0.3 is 0 Å². The summed E-state index contributed by atoms with van der Waals surface area (Å²) in [5.41, 5.74) is 0.611. The van der Waals surface area contributed by atoms with Gasteiger partial charge < -0.3 is 10.6 Å². The lowest BCUT2D eigenvalue weighted by Crippen LogP contribution is -2.36. The van der Waals surface area contributed by atoms with E-state index in [4.69, 9.17) is 11.6 Å². The van der Waals surface area contributed by atoms with E-state index in [0.717, 1.165) is 19.5 Å². The Labute approximate surface area is 108 Å². The summed E-state index contributed by atoms with van der Waals surface area (Å²) in [6.07, 6.45) is 1.12. The molecule has 0 saturated heterocycles. The van der Waals surface area contributed by atoms with E-state index in [1.165, 1.54) is 6.07 Å². The second-order valence-electron chi connectivity index (χ2n) is 4.22. The number of halogens is 2. The Balaban J connectivity index is 2.36. The van der Waals surface area contributed by atoms with Crippen LogP contribution in [0.4, 0.5) is 4.39 Å². The molecule has 0 bridgehead atoms. The molecule has 0 radical (unpaired) electrons. The van der Waals surface area contributed by atoms with Crippen LogP contribution in [0.1, 0.15) is 25.8 Å². The van der Waals surface area contributed by atoms with Crippen LogP contribution < -0.4 is 10.6 Å². The predicted molar refractivity (Wildman–Crippen MR) is 70.9 cm³/mol. The number of nitrogens with one attached hydrogen (secondary N) is 2. The van der Waals surface area contributed by atoms with Gasteiger partial charge in [0.05, 0.1) is 0 Å². The first-order valence-electron chi connectivity index (χ1n) is 6.01. The normalized spacial score (nSPS) is 12.7. The summed E-state index contributed by atoms with van der Waals surface area (Å²) in [4.78, 5) is 0. The fraction of sp³-hybridized carbons (Fsp3) is 0.538. The van der Waals surface area contributed by atoms with Crippen molar-refractivity contribution in [2.45, 2.75) is 32.9 Å². The third-order valence-corrected chi connectivity index (χ3v) is 2.76. The van der Waals surface area contributed by atoms with E-state index in [1.54, 1.807) is 12.1 Å². The molecule has 2 N–H and O–H groups in total. The zero-order chi connectivity index (χ0) is 12.7. The zero-order valence-corrected chi connectivity index (χ0v) is 11.1. The van der Waals surface area contributed by atoms with Gasteiger partial charge in [0.1, 0.15) is 5.82 Å². The van der Waals surface area contributed by atoms with E-state index in [1.807, 2.05) is 0 Å². The first kappa shape index (κ1) is 14.4. The molecule has 0 aromatic heterocycles. The van der Waals surface area contributed by atoms with Gasteiger partial charge in [0, 0.05) is 29.7 Å². The minimum atomic E-state index is -0.212. The van der Waals surface area contributed by atoms with Gasteiger partial charge in [-0.25, -0.2) is 4.39 Å². The molecule has 1 atom stereocenters. The summed E-state index contributed by atoms with van der Waals surface area (Å²) in [7, 11) is 0. The molecule has 1 aromatic carbocycles. The van der Waals surface area contributed by atoms with Crippen molar-refractivity contribution in [1.82, 2.24) is 10.6 Å². The van der Waals surface area contributed by atoms with Crippen LogP contribution in [-0.4, -0.2) is 19.1 Å². The van der Waals surface area contributed by atoms with Gasteiger partial charge in [-0.2, -0.15) is 0 Å². The van der Waals surface area contributed by atoms with E-state index >= 15 is 0 Å². The highest BCUT2D eigenvalue weighted by molar-refractivity contribution is 6.30. The molecule has 0 spiro atoms. The highest BCUT2D eigenvalue weighted by Gasteiger charge is 2.05. The average molecular weight is 259 g/mol. The van der Waals surface area contributed by atoms with Gasteiger partial charge in [-0.3, -0.25) is 0 Å². The lowest BCUT2D eigenvalue weighted by molar-refractivity contribution is 0.491. The van der Waals surface area contributed by atoms with E-state index in [9.17, 15) is 4.39 Å². The maximum absolute atomic E-state index is 13.4. The standard InChI is InChI=1S/C13H20ClFN2/c1-3-6-16-8-10(2)17-9-11-7-12(14)4-5-13(11)15/h4-5,7,10,16-17H,3,6,8-9H2,1-2H3. The van der Waals surface area contributed by atoms with Crippen molar-refractivity contribution in [3.05, 3.63) is 34.6 Å². The van der Waals surface area contributed by atoms with Crippen LogP contribution in [0.5, 0.6) is 0 Å². The van der Waals surface area contributed by atoms with Crippen LogP contribution in [0.2, 0.25) is 5.02 Å². The highest BCUT2D eigenvalue weighted by atomic mass is 35.5. The smallest absolute Gasteiger partial charge is 0.127 e. The minimum Gasteiger partial charge on any atom is -0.315 e. The second kappa shape index (κ2) is 7.64. The Morgan fingerprint density at radius 3 is 2.88 bits per heavy atom. The largest absolute Gasteiger partial charge is 0.315 e. The van der Waals surface area contributed by atoms with Crippen molar-refractivity contribution in [2.24, 2.45) is 0 Å². The van der Waals surface area contributed by atoms with Crippen LogP contribution in [0, 0.1) is 5.82 Å². The summed E-state index contributed by atoms with van der Waals surface area (Å²) in [6, 6.07) is 4.93. The van der Waals surface area contributed by atoms with Crippen LogP contribution in [0.15, 0.2) is 18.2 Å². The van der Waals surface area contributed by atoms with Crippen LogP contribution in [-0.2, 0) is 6.54 Å². The lowest BCUT2D eigenvalue weighted by Gasteiger charge is -2.15. The molecule has 0 saturated carbocycles. The molecule has 96 valence electrons. The molecule has 0 aliphatic heterocycles. The Morgan fingerprint density at radius 2 is 2.18 bits per heavy atom. The molecule has 1 aromatic rings. The van der Waals surface area contributed by atoms with Crippen LogP contribution in [0.3, 0.4) is 0 Å². The van der Waals surface area contributed by atoms with Gasteiger partial charge in [-0.15, -0.1) is 0 Å². The van der Waals surface area contributed by atoms with E-state index in [0.29, 0.717) is 23.2 Å². The van der Waals surface area contributed by atoms with Crippen molar-refractivity contribution in [1.29, 1.82) is 0 Å². The fourth-order valence-corrected chi connectivity index (χ4v) is 1.73. The maximum Gasteiger partial charge on any atom is 0.127 e. The molecule has 1 rings (SSSR count). The summed E-state index contributed by atoms with van der Waals surface area (Å²) in [5, 5.41) is 7.15. The van der Waals surface area contributed by atoms with Crippen LogP contribution in [0.25, 0.3) is 0 Å². The molecule has 2 nitrogen and oxygen atoms in total. The third kappa shape index (κ3) is 5.48. The first-order valence-corrected chi connectivity index (χ1v) is 6.39. The third-order valence-electron chi connectivity index (χ3n) is 2.53. The predicted octanol–water partition coefficient (Wildman–Crippen LogP) is 2.96. The molecule has 0 fully saturated rings. The number of hydrogen-bond acceptors (Lipinski definition) is 2. The molecule has 0 aliphatic rings. The van der Waals surface area contributed by atoms with E-state index < -0.39 is 0 Å². The van der Waals surface area contributed by atoms with Crippen molar-refractivity contribution >= 4 is 11.6 Å². The average Bonchev–Trinajstić information content (AvgIpc) is 2.31. The molecular formula is C13H20ClFN2. The highest BCUT2D eigenvalue weighted by Crippen LogP contribution is 2.14. The van der Waals surface area contributed by atoms with Crippen molar-refractivity contribution in [3.8, 4) is 0 Å². The number of hydrogen-bond donors (Lipinski definition) is 2.